The molecule has 1 unspecified atom stereocenters. The van der Waals surface area contributed by atoms with E-state index in [1.807, 2.05) is 47.4 Å². The number of nitrogens with zero attached hydrogens (tertiary/aromatic N) is 1. The van der Waals surface area contributed by atoms with Crippen molar-refractivity contribution in [1.82, 2.24) is 9.74 Å². The third-order valence-electron chi connectivity index (χ3n) is 3.64. The molecule has 1 aliphatic rings. The van der Waals surface area contributed by atoms with E-state index in [9.17, 15) is 4.79 Å². The second kappa shape index (κ2) is 5.65. The Labute approximate surface area is 123 Å². The second-order valence-electron chi connectivity index (χ2n) is 4.92. The van der Waals surface area contributed by atoms with Gasteiger partial charge in [0.1, 0.15) is 6.04 Å². The number of hydrogen-bond donors (Lipinski definition) is 1. The van der Waals surface area contributed by atoms with Gasteiger partial charge >= 0.3 is 0 Å². The van der Waals surface area contributed by atoms with E-state index in [-0.39, 0.29) is 5.91 Å². The Morgan fingerprint density at radius 2 is 1.55 bits per heavy atom. The summed E-state index contributed by atoms with van der Waals surface area (Å²) < 4.78 is 0. The van der Waals surface area contributed by atoms with Crippen LogP contribution in [0.2, 0.25) is 0 Å². The summed E-state index contributed by atoms with van der Waals surface area (Å²) in [5, 5.41) is 0. The Hall–Kier alpha value is -1.84. The van der Waals surface area contributed by atoms with E-state index in [2.05, 4.69) is 17.0 Å². The Kier molecular flexibility index (Phi) is 3.72. The quantitative estimate of drug-likeness (QED) is 0.880. The molecule has 4 heteroatoms. The van der Waals surface area contributed by atoms with Gasteiger partial charge in [-0.25, -0.2) is 4.84 Å². The molecule has 0 spiro atoms. The van der Waals surface area contributed by atoms with Crippen molar-refractivity contribution in [2.75, 3.05) is 0 Å². The molecule has 2 aromatic carbocycles. The van der Waals surface area contributed by atoms with Crippen LogP contribution in [0.4, 0.5) is 0 Å². The average Bonchev–Trinajstić information content (AvgIpc) is 2.93. The van der Waals surface area contributed by atoms with E-state index >= 15 is 0 Å². The molecule has 0 aromatic heterocycles. The third kappa shape index (κ3) is 2.42. The number of amides is 1. The van der Waals surface area contributed by atoms with Crippen molar-refractivity contribution in [3.05, 3.63) is 71.3 Å². The minimum absolute atomic E-state index is 0.00222. The Balaban J connectivity index is 1.80. The first-order chi connectivity index (χ1) is 9.79. The topological polar surface area (TPSA) is 32.3 Å². The molecule has 1 amide bonds. The van der Waals surface area contributed by atoms with Gasteiger partial charge < -0.3 is 4.90 Å². The van der Waals surface area contributed by atoms with Crippen LogP contribution in [0.5, 0.6) is 0 Å². The number of rotatable bonds is 3. The van der Waals surface area contributed by atoms with Crippen LogP contribution in [0.3, 0.4) is 0 Å². The lowest BCUT2D eigenvalue weighted by Crippen LogP contribution is -2.35. The third-order valence-corrected chi connectivity index (χ3v) is 3.86. The van der Waals surface area contributed by atoms with Gasteiger partial charge in [0.05, 0.1) is 0 Å². The van der Waals surface area contributed by atoms with Gasteiger partial charge in [-0.3, -0.25) is 4.79 Å². The van der Waals surface area contributed by atoms with Gasteiger partial charge in [0.25, 0.3) is 0 Å². The van der Waals surface area contributed by atoms with Crippen LogP contribution in [0.1, 0.15) is 22.7 Å². The summed E-state index contributed by atoms with van der Waals surface area (Å²) in [5.41, 5.74) is 3.30. The maximum Gasteiger partial charge on any atom is 0.246 e. The van der Waals surface area contributed by atoms with Gasteiger partial charge in [0, 0.05) is 13.1 Å². The molecule has 3 nitrogen and oxygen atoms in total. The van der Waals surface area contributed by atoms with Gasteiger partial charge in [0.15, 0.2) is 0 Å². The molecule has 0 aliphatic carbocycles. The molecule has 1 aliphatic heterocycles. The van der Waals surface area contributed by atoms with Gasteiger partial charge in [-0.2, -0.15) is 0 Å². The van der Waals surface area contributed by atoms with E-state index in [1.54, 1.807) is 0 Å². The van der Waals surface area contributed by atoms with Gasteiger partial charge in [-0.1, -0.05) is 54.6 Å². The predicted octanol–water partition coefficient (Wildman–Crippen LogP) is 3.01. The van der Waals surface area contributed by atoms with E-state index in [0.29, 0.717) is 13.1 Å². The predicted molar refractivity (Wildman–Crippen MR) is 78.9 cm³/mol. The maximum absolute atomic E-state index is 12.6. The first kappa shape index (κ1) is 13.2. The zero-order valence-corrected chi connectivity index (χ0v) is 11.7. The van der Waals surface area contributed by atoms with Crippen LogP contribution in [0.15, 0.2) is 54.6 Å². The van der Waals surface area contributed by atoms with Gasteiger partial charge in [-0.05, 0) is 28.5 Å². The molecule has 3 rings (SSSR count). The van der Waals surface area contributed by atoms with Crippen molar-refractivity contribution in [3.63, 3.8) is 0 Å². The molecule has 0 saturated carbocycles. The number of carbonyl (C=O) groups is 1. The first-order valence-corrected chi connectivity index (χ1v) is 6.94. The summed E-state index contributed by atoms with van der Waals surface area (Å²) >= 11 is 5.79. The standard InChI is InChI=1S/C16H15ClN2O/c17-18-15(12-6-2-1-3-7-12)16(20)19-10-13-8-4-5-9-14(13)11-19/h1-9,15,18H,10-11H2. The minimum atomic E-state index is -0.507. The smallest absolute Gasteiger partial charge is 0.246 e. The Morgan fingerprint density at radius 3 is 2.10 bits per heavy atom. The highest BCUT2D eigenvalue weighted by atomic mass is 35.5. The van der Waals surface area contributed by atoms with Crippen molar-refractivity contribution in [3.8, 4) is 0 Å². The minimum Gasteiger partial charge on any atom is -0.332 e. The molecular weight excluding hydrogens is 272 g/mol. The normalized spacial score (nSPS) is 14.9. The monoisotopic (exact) mass is 286 g/mol. The zero-order chi connectivity index (χ0) is 13.9. The second-order valence-corrected chi connectivity index (χ2v) is 5.13. The Bertz CT molecular complexity index is 590. The molecule has 0 bridgehead atoms. The van der Waals surface area contributed by atoms with Crippen LogP contribution in [0.25, 0.3) is 0 Å². The number of benzene rings is 2. The fourth-order valence-electron chi connectivity index (χ4n) is 2.57. The largest absolute Gasteiger partial charge is 0.332 e. The van der Waals surface area contributed by atoms with Crippen molar-refractivity contribution in [2.45, 2.75) is 19.1 Å². The SMILES string of the molecule is O=C(C(NCl)c1ccccc1)N1Cc2ccccc2C1. The summed E-state index contributed by atoms with van der Waals surface area (Å²) in [6.07, 6.45) is 0. The summed E-state index contributed by atoms with van der Waals surface area (Å²) in [5.74, 6) is 0.00222. The highest BCUT2D eigenvalue weighted by Crippen LogP contribution is 2.26. The van der Waals surface area contributed by atoms with Crippen LogP contribution in [-0.4, -0.2) is 10.8 Å². The Morgan fingerprint density at radius 1 is 1.00 bits per heavy atom. The van der Waals surface area contributed by atoms with E-state index < -0.39 is 6.04 Å². The van der Waals surface area contributed by atoms with E-state index in [1.165, 1.54) is 11.1 Å². The van der Waals surface area contributed by atoms with Gasteiger partial charge in [-0.15, -0.1) is 0 Å². The summed E-state index contributed by atoms with van der Waals surface area (Å²) in [6, 6.07) is 17.2. The summed E-state index contributed by atoms with van der Waals surface area (Å²) in [7, 11) is 0. The van der Waals surface area contributed by atoms with Crippen molar-refractivity contribution >= 4 is 17.7 Å². The van der Waals surface area contributed by atoms with Crippen LogP contribution in [-0.2, 0) is 17.9 Å². The average molecular weight is 287 g/mol. The maximum atomic E-state index is 12.6. The highest BCUT2D eigenvalue weighted by Gasteiger charge is 2.29. The number of nitrogens with one attached hydrogen (secondary N) is 1. The molecule has 0 radical (unpaired) electrons. The van der Waals surface area contributed by atoms with Crippen LogP contribution in [0, 0.1) is 0 Å². The highest BCUT2D eigenvalue weighted by molar-refractivity contribution is 6.15. The van der Waals surface area contributed by atoms with Crippen molar-refractivity contribution < 1.29 is 4.79 Å². The van der Waals surface area contributed by atoms with Gasteiger partial charge in [0.2, 0.25) is 5.91 Å². The van der Waals surface area contributed by atoms with E-state index in [0.717, 1.165) is 5.56 Å². The molecule has 1 heterocycles. The van der Waals surface area contributed by atoms with Crippen LogP contribution < -0.4 is 4.84 Å². The van der Waals surface area contributed by atoms with Crippen molar-refractivity contribution in [1.29, 1.82) is 0 Å². The fourth-order valence-corrected chi connectivity index (χ4v) is 2.79. The molecule has 1 atom stereocenters. The zero-order valence-electron chi connectivity index (χ0n) is 10.9. The lowest BCUT2D eigenvalue weighted by molar-refractivity contribution is -0.133. The first-order valence-electron chi connectivity index (χ1n) is 6.56. The molecule has 102 valence electrons. The molecule has 0 fully saturated rings. The number of halogens is 1. The fraction of sp³-hybridized carbons (Fsp3) is 0.188. The number of hydrogen-bond acceptors (Lipinski definition) is 2. The van der Waals surface area contributed by atoms with E-state index in [4.69, 9.17) is 11.8 Å². The number of fused-ring (bicyclic) bond motifs is 1. The lowest BCUT2D eigenvalue weighted by Gasteiger charge is -2.22. The molecule has 1 N–H and O–H groups in total. The van der Waals surface area contributed by atoms with Crippen molar-refractivity contribution in [2.24, 2.45) is 0 Å². The lowest BCUT2D eigenvalue weighted by atomic mass is 10.1. The molecular formula is C16H15ClN2O. The summed E-state index contributed by atoms with van der Waals surface area (Å²) in [4.78, 5) is 17.1. The molecule has 20 heavy (non-hydrogen) atoms. The summed E-state index contributed by atoms with van der Waals surface area (Å²) in [6.45, 7) is 1.30. The molecule has 0 saturated heterocycles. The number of carbonyl (C=O) groups excluding carboxylic acids is 1. The molecule has 2 aromatic rings. The van der Waals surface area contributed by atoms with Crippen LogP contribution >= 0.6 is 11.8 Å².